The van der Waals surface area contributed by atoms with Gasteiger partial charge in [0.05, 0.1) is 16.7 Å². The van der Waals surface area contributed by atoms with Gasteiger partial charge in [-0.2, -0.15) is 0 Å². The number of thiazole rings is 1. The van der Waals surface area contributed by atoms with Crippen molar-refractivity contribution < 1.29 is 17.9 Å². The number of hydrogen-bond donors (Lipinski definition) is 0. The van der Waals surface area contributed by atoms with Crippen molar-refractivity contribution in [2.24, 2.45) is 0 Å². The number of benzene rings is 2. The maximum Gasteiger partial charge on any atom is 0.244 e. The maximum absolute atomic E-state index is 13.2. The average molecular weight is 518 g/mol. The molecule has 1 amide bonds. The highest BCUT2D eigenvalue weighted by molar-refractivity contribution is 7.92. The molecule has 0 bridgehead atoms. The fourth-order valence-corrected chi connectivity index (χ4v) is 5.39. The van der Waals surface area contributed by atoms with Gasteiger partial charge in [0.15, 0.2) is 15.0 Å². The Kier molecular flexibility index (Phi) is 8.90. The summed E-state index contributed by atoms with van der Waals surface area (Å²) in [6.07, 6.45) is 0. The molecule has 1 aromatic heterocycles. The Morgan fingerprint density at radius 3 is 2.38 bits per heavy atom. The Labute approximate surface area is 203 Å². The van der Waals surface area contributed by atoms with Gasteiger partial charge in [-0.05, 0) is 56.9 Å². The van der Waals surface area contributed by atoms with Crippen LogP contribution in [0.3, 0.4) is 0 Å². The minimum atomic E-state index is -3.83. The van der Waals surface area contributed by atoms with Crippen LogP contribution >= 0.6 is 35.3 Å². The minimum absolute atomic E-state index is 0. The van der Waals surface area contributed by atoms with Crippen molar-refractivity contribution in [1.29, 1.82) is 0 Å². The number of anilines is 1. The number of aromatic nitrogens is 1. The molecule has 1 heterocycles. The molecule has 0 radical (unpaired) electrons. The summed E-state index contributed by atoms with van der Waals surface area (Å²) < 4.78 is 31.9. The number of likely N-dealkylation sites (N-methyl/N-ethyl adjacent to an activating group) is 1. The molecular weight excluding hydrogens is 493 g/mol. The zero-order valence-electron chi connectivity index (χ0n) is 18.2. The van der Waals surface area contributed by atoms with E-state index in [4.69, 9.17) is 16.3 Å². The van der Waals surface area contributed by atoms with E-state index >= 15 is 0 Å². The van der Waals surface area contributed by atoms with Gasteiger partial charge in [-0.3, -0.25) is 9.69 Å². The van der Waals surface area contributed by atoms with Crippen LogP contribution in [0.5, 0.6) is 5.75 Å². The number of fused-ring (bicyclic) bond motifs is 1. The lowest BCUT2D eigenvalue weighted by atomic mass is 10.2. The summed E-state index contributed by atoms with van der Waals surface area (Å²) in [6, 6.07) is 9.55. The van der Waals surface area contributed by atoms with Gasteiger partial charge in [-0.15, -0.1) is 12.4 Å². The lowest BCUT2D eigenvalue weighted by Crippen LogP contribution is -2.40. The van der Waals surface area contributed by atoms with Crippen LogP contribution in [0, 0.1) is 6.92 Å². The molecular formula is C21H25Cl2N3O4S2. The molecule has 174 valence electrons. The summed E-state index contributed by atoms with van der Waals surface area (Å²) in [4.78, 5) is 21.2. The lowest BCUT2D eigenvalue weighted by Gasteiger charge is -2.22. The first-order valence-electron chi connectivity index (χ1n) is 9.50. The SMILES string of the molecule is COc1ccc(C)c2sc(N(CCN(C)C)C(=O)CS(=O)(=O)c3ccc(Cl)cc3)nc12.Cl. The van der Waals surface area contributed by atoms with Crippen molar-refractivity contribution in [1.82, 2.24) is 9.88 Å². The molecule has 0 N–H and O–H groups in total. The third-order valence-electron chi connectivity index (χ3n) is 4.70. The Hall–Kier alpha value is -1.91. The molecule has 7 nitrogen and oxygen atoms in total. The van der Waals surface area contributed by atoms with Crippen LogP contribution < -0.4 is 9.64 Å². The number of rotatable bonds is 8. The second-order valence-corrected chi connectivity index (χ2v) is 10.7. The average Bonchev–Trinajstić information content (AvgIpc) is 3.14. The third kappa shape index (κ3) is 5.90. The largest absolute Gasteiger partial charge is 0.494 e. The molecule has 0 unspecified atom stereocenters. The smallest absolute Gasteiger partial charge is 0.244 e. The van der Waals surface area contributed by atoms with E-state index < -0.39 is 21.5 Å². The molecule has 0 saturated carbocycles. The molecule has 3 rings (SSSR count). The van der Waals surface area contributed by atoms with Crippen LogP contribution in [-0.2, 0) is 14.6 Å². The molecule has 0 aliphatic rings. The Bertz CT molecular complexity index is 1200. The molecule has 11 heteroatoms. The number of nitrogens with zero attached hydrogens (tertiary/aromatic N) is 3. The van der Waals surface area contributed by atoms with E-state index in [1.165, 1.54) is 40.5 Å². The summed E-state index contributed by atoms with van der Waals surface area (Å²) in [6.45, 7) is 2.82. The van der Waals surface area contributed by atoms with E-state index in [-0.39, 0.29) is 17.3 Å². The predicted molar refractivity (Wildman–Crippen MR) is 133 cm³/mol. The molecule has 2 aromatic carbocycles. The van der Waals surface area contributed by atoms with Crippen LogP contribution in [0.4, 0.5) is 5.13 Å². The topological polar surface area (TPSA) is 79.8 Å². The lowest BCUT2D eigenvalue weighted by molar-refractivity contribution is -0.116. The van der Waals surface area contributed by atoms with Crippen molar-refractivity contribution in [2.45, 2.75) is 11.8 Å². The number of halogens is 2. The van der Waals surface area contributed by atoms with Gasteiger partial charge < -0.3 is 9.64 Å². The maximum atomic E-state index is 13.2. The van der Waals surface area contributed by atoms with Crippen LogP contribution in [0.1, 0.15) is 5.56 Å². The minimum Gasteiger partial charge on any atom is -0.494 e. The zero-order valence-corrected chi connectivity index (χ0v) is 21.4. The van der Waals surface area contributed by atoms with Gasteiger partial charge in [-0.1, -0.05) is 29.0 Å². The number of carbonyl (C=O) groups is 1. The van der Waals surface area contributed by atoms with Crippen LogP contribution in [-0.4, -0.2) is 64.3 Å². The number of aryl methyl sites for hydroxylation is 1. The molecule has 0 saturated heterocycles. The summed E-state index contributed by atoms with van der Waals surface area (Å²) in [5, 5.41) is 0.873. The molecule has 3 aromatic rings. The second-order valence-electron chi connectivity index (χ2n) is 7.32. The van der Waals surface area contributed by atoms with E-state index in [0.29, 0.717) is 34.5 Å². The van der Waals surface area contributed by atoms with Crippen molar-refractivity contribution in [3.8, 4) is 5.75 Å². The first-order chi connectivity index (χ1) is 14.6. The van der Waals surface area contributed by atoms with Crippen LogP contribution in [0.2, 0.25) is 5.02 Å². The van der Waals surface area contributed by atoms with Gasteiger partial charge in [0.2, 0.25) is 5.91 Å². The third-order valence-corrected chi connectivity index (χ3v) is 7.78. The number of amides is 1. The van der Waals surface area contributed by atoms with Gasteiger partial charge in [0.25, 0.3) is 0 Å². The van der Waals surface area contributed by atoms with E-state index in [1.54, 1.807) is 7.11 Å². The van der Waals surface area contributed by atoms with Gasteiger partial charge >= 0.3 is 0 Å². The van der Waals surface area contributed by atoms with Crippen molar-refractivity contribution in [2.75, 3.05) is 44.9 Å². The van der Waals surface area contributed by atoms with Crippen molar-refractivity contribution in [3.63, 3.8) is 0 Å². The molecule has 0 atom stereocenters. The number of hydrogen-bond acceptors (Lipinski definition) is 7. The Balaban J connectivity index is 0.00000363. The second kappa shape index (κ2) is 10.8. The number of sulfone groups is 1. The molecule has 32 heavy (non-hydrogen) atoms. The van der Waals surface area contributed by atoms with Gasteiger partial charge in [-0.25, -0.2) is 13.4 Å². The first-order valence-corrected chi connectivity index (χ1v) is 12.3. The molecule has 0 aliphatic heterocycles. The van der Waals surface area contributed by atoms with Crippen molar-refractivity contribution in [3.05, 3.63) is 47.0 Å². The van der Waals surface area contributed by atoms with E-state index in [2.05, 4.69) is 4.98 Å². The molecule has 0 spiro atoms. The zero-order chi connectivity index (χ0) is 22.8. The highest BCUT2D eigenvalue weighted by Gasteiger charge is 2.27. The van der Waals surface area contributed by atoms with Gasteiger partial charge in [0.1, 0.15) is 17.0 Å². The quantitative estimate of drug-likeness (QED) is 0.448. The summed E-state index contributed by atoms with van der Waals surface area (Å²) in [5.74, 6) is -0.585. The number of carbonyl (C=O) groups excluding carboxylic acids is 1. The predicted octanol–water partition coefficient (Wildman–Crippen LogP) is 4.06. The molecule has 0 fully saturated rings. The Morgan fingerprint density at radius 1 is 1.12 bits per heavy atom. The molecule has 0 aliphatic carbocycles. The summed E-state index contributed by atoms with van der Waals surface area (Å²) >= 11 is 7.20. The van der Waals surface area contributed by atoms with E-state index in [0.717, 1.165) is 10.3 Å². The number of methoxy groups -OCH3 is 1. The fourth-order valence-electron chi connectivity index (χ4n) is 2.97. The summed E-state index contributed by atoms with van der Waals surface area (Å²) in [5.41, 5.74) is 1.67. The van der Waals surface area contributed by atoms with E-state index in [1.807, 2.05) is 38.1 Å². The highest BCUT2D eigenvalue weighted by atomic mass is 35.5. The van der Waals surface area contributed by atoms with Crippen LogP contribution in [0.25, 0.3) is 10.2 Å². The fraction of sp³-hybridized carbons (Fsp3) is 0.333. The van der Waals surface area contributed by atoms with Crippen LogP contribution in [0.15, 0.2) is 41.3 Å². The number of ether oxygens (including phenoxy) is 1. The van der Waals surface area contributed by atoms with Crippen molar-refractivity contribution >= 4 is 66.4 Å². The standard InChI is InChI=1S/C21H24ClN3O4S2.ClH/c1-14-5-10-17(29-4)19-20(14)30-21(23-19)25(12-11-24(2)3)18(26)13-31(27,28)16-8-6-15(22)7-9-16;/h5-10H,11-13H2,1-4H3;1H. The van der Waals surface area contributed by atoms with E-state index in [9.17, 15) is 13.2 Å². The highest BCUT2D eigenvalue weighted by Crippen LogP contribution is 2.36. The first kappa shape index (κ1) is 26.3. The normalized spacial score (nSPS) is 11.4. The summed E-state index contributed by atoms with van der Waals surface area (Å²) in [7, 11) is 1.51. The Morgan fingerprint density at radius 2 is 1.78 bits per heavy atom. The monoisotopic (exact) mass is 517 g/mol. The van der Waals surface area contributed by atoms with Gasteiger partial charge in [0, 0.05) is 18.1 Å².